The van der Waals surface area contributed by atoms with Crippen molar-refractivity contribution in [3.63, 3.8) is 0 Å². The minimum absolute atomic E-state index is 0.0880. The van der Waals surface area contributed by atoms with Gasteiger partial charge in [-0.1, -0.05) is 60.5 Å². The van der Waals surface area contributed by atoms with Crippen LogP contribution in [0.3, 0.4) is 0 Å². The summed E-state index contributed by atoms with van der Waals surface area (Å²) in [4.78, 5) is 12.4. The molecule has 2 rings (SSSR count). The van der Waals surface area contributed by atoms with E-state index in [1.807, 2.05) is 37.3 Å². The van der Waals surface area contributed by atoms with E-state index in [-0.39, 0.29) is 27.6 Å². The molecule has 1 atom stereocenters. The summed E-state index contributed by atoms with van der Waals surface area (Å²) < 4.78 is 0. The van der Waals surface area contributed by atoms with Crippen molar-refractivity contribution in [3.8, 4) is 0 Å². The molecule has 0 saturated carbocycles. The Morgan fingerprint density at radius 1 is 1.24 bits per heavy atom. The first kappa shape index (κ1) is 15.7. The first-order valence-electron chi connectivity index (χ1n) is 6.63. The number of carbonyl (C=O) groups excluding carboxylic acids is 1. The fourth-order valence-corrected chi connectivity index (χ4v) is 2.54. The molecule has 1 amide bonds. The summed E-state index contributed by atoms with van der Waals surface area (Å²) in [5.74, 6) is -0.287. The molecule has 0 saturated heterocycles. The highest BCUT2D eigenvalue weighted by Crippen LogP contribution is 2.29. The summed E-state index contributed by atoms with van der Waals surface area (Å²) in [6, 6.07) is 12.7. The van der Waals surface area contributed by atoms with Gasteiger partial charge < -0.3 is 11.1 Å². The number of nitrogens with one attached hydrogen (secondary N) is 1. The van der Waals surface area contributed by atoms with E-state index in [2.05, 4.69) is 5.32 Å². The first-order valence-corrected chi connectivity index (χ1v) is 7.38. The predicted molar refractivity (Wildman–Crippen MR) is 87.8 cm³/mol. The van der Waals surface area contributed by atoms with Crippen molar-refractivity contribution in [1.82, 2.24) is 5.32 Å². The predicted octanol–water partition coefficient (Wildman–Crippen LogP) is 4.46. The largest absolute Gasteiger partial charge is 0.399 e. The summed E-state index contributed by atoms with van der Waals surface area (Å²) in [5, 5.41) is 3.44. The maximum absolute atomic E-state index is 12.4. The van der Waals surface area contributed by atoms with Crippen molar-refractivity contribution in [1.29, 1.82) is 0 Å². The Bertz CT molecular complexity index is 644. The summed E-state index contributed by atoms with van der Waals surface area (Å²) in [7, 11) is 0. The summed E-state index contributed by atoms with van der Waals surface area (Å²) in [6.45, 7) is 2.01. The smallest absolute Gasteiger partial charge is 0.253 e. The van der Waals surface area contributed by atoms with Crippen molar-refractivity contribution in [2.24, 2.45) is 0 Å². The zero-order valence-electron chi connectivity index (χ0n) is 11.6. The minimum Gasteiger partial charge on any atom is -0.399 e. The second-order valence-corrected chi connectivity index (χ2v) is 5.49. The van der Waals surface area contributed by atoms with E-state index in [0.717, 1.165) is 12.0 Å². The third-order valence-electron chi connectivity index (χ3n) is 3.21. The molecule has 5 heteroatoms. The van der Waals surface area contributed by atoms with Gasteiger partial charge in [-0.15, -0.1) is 0 Å². The number of nitrogens with two attached hydrogens (primary N) is 1. The summed E-state index contributed by atoms with van der Waals surface area (Å²) in [6.07, 6.45) is 0.767. The number of halogens is 2. The van der Waals surface area contributed by atoms with Crippen LogP contribution in [0.15, 0.2) is 42.5 Å². The second kappa shape index (κ2) is 6.83. The fourth-order valence-electron chi connectivity index (χ4n) is 2.12. The van der Waals surface area contributed by atoms with Gasteiger partial charge in [0.2, 0.25) is 0 Å². The van der Waals surface area contributed by atoms with E-state index in [9.17, 15) is 4.79 Å². The lowest BCUT2D eigenvalue weighted by Crippen LogP contribution is -2.28. The first-order chi connectivity index (χ1) is 10.0. The van der Waals surface area contributed by atoms with Crippen LogP contribution in [0, 0.1) is 0 Å². The topological polar surface area (TPSA) is 55.1 Å². The van der Waals surface area contributed by atoms with E-state index in [0.29, 0.717) is 5.69 Å². The Labute approximate surface area is 134 Å². The van der Waals surface area contributed by atoms with E-state index >= 15 is 0 Å². The van der Waals surface area contributed by atoms with Gasteiger partial charge in [-0.2, -0.15) is 0 Å². The lowest BCUT2D eigenvalue weighted by atomic mass is 10.0. The van der Waals surface area contributed by atoms with Crippen LogP contribution >= 0.6 is 23.2 Å². The molecule has 0 bridgehead atoms. The number of hydrogen-bond acceptors (Lipinski definition) is 2. The van der Waals surface area contributed by atoms with Crippen LogP contribution in [-0.4, -0.2) is 5.91 Å². The van der Waals surface area contributed by atoms with Gasteiger partial charge in [0.05, 0.1) is 21.7 Å². The number of rotatable bonds is 4. The molecule has 21 heavy (non-hydrogen) atoms. The molecule has 0 aliphatic carbocycles. The van der Waals surface area contributed by atoms with Gasteiger partial charge in [0.25, 0.3) is 5.91 Å². The van der Waals surface area contributed by atoms with Gasteiger partial charge in [0, 0.05) is 5.69 Å². The van der Waals surface area contributed by atoms with Crippen LogP contribution in [-0.2, 0) is 0 Å². The standard InChI is InChI=1S/C16H16Cl2N2O/c1-2-14(10-6-4-3-5-7-10)20-16(21)12-8-11(19)9-13(17)15(12)18/h3-9,14H,2,19H2,1H3,(H,20,21). The third-order valence-corrected chi connectivity index (χ3v) is 4.01. The molecule has 0 aliphatic rings. The highest BCUT2D eigenvalue weighted by Gasteiger charge is 2.18. The van der Waals surface area contributed by atoms with E-state index in [1.54, 1.807) is 0 Å². The normalized spacial score (nSPS) is 12.0. The van der Waals surface area contributed by atoms with Crippen LogP contribution in [0.5, 0.6) is 0 Å². The number of nitrogen functional groups attached to an aromatic ring is 1. The van der Waals surface area contributed by atoms with Gasteiger partial charge in [-0.3, -0.25) is 4.79 Å². The van der Waals surface area contributed by atoms with Gasteiger partial charge in [-0.05, 0) is 24.1 Å². The van der Waals surface area contributed by atoms with Crippen molar-refractivity contribution >= 4 is 34.8 Å². The van der Waals surface area contributed by atoms with E-state index in [1.165, 1.54) is 12.1 Å². The number of carbonyl (C=O) groups is 1. The molecule has 2 aromatic carbocycles. The maximum Gasteiger partial charge on any atom is 0.253 e. The number of anilines is 1. The van der Waals surface area contributed by atoms with Crippen molar-refractivity contribution in [2.45, 2.75) is 19.4 Å². The Balaban J connectivity index is 2.25. The lowest BCUT2D eigenvalue weighted by Gasteiger charge is -2.18. The van der Waals surface area contributed by atoms with Crippen molar-refractivity contribution in [2.75, 3.05) is 5.73 Å². The maximum atomic E-state index is 12.4. The quantitative estimate of drug-likeness (QED) is 0.816. The van der Waals surface area contributed by atoms with Gasteiger partial charge in [0.15, 0.2) is 0 Å². The Hall–Kier alpha value is -1.71. The summed E-state index contributed by atoms with van der Waals surface area (Å²) in [5.41, 5.74) is 7.45. The molecule has 0 spiro atoms. The van der Waals surface area contributed by atoms with Gasteiger partial charge >= 0.3 is 0 Å². The second-order valence-electron chi connectivity index (χ2n) is 4.71. The average molecular weight is 323 g/mol. The molecule has 0 fully saturated rings. The van der Waals surface area contributed by atoms with Gasteiger partial charge in [0.1, 0.15) is 0 Å². The number of benzene rings is 2. The molecule has 2 aromatic rings. The van der Waals surface area contributed by atoms with Crippen LogP contribution in [0.4, 0.5) is 5.69 Å². The number of amides is 1. The Morgan fingerprint density at radius 2 is 1.90 bits per heavy atom. The highest BCUT2D eigenvalue weighted by molar-refractivity contribution is 6.44. The molecule has 3 nitrogen and oxygen atoms in total. The molecule has 0 aromatic heterocycles. The van der Waals surface area contributed by atoms with Crippen LogP contribution in [0.2, 0.25) is 10.0 Å². The Kier molecular flexibility index (Phi) is 5.10. The van der Waals surface area contributed by atoms with E-state index < -0.39 is 0 Å². The molecule has 0 aliphatic heterocycles. The fraction of sp³-hybridized carbons (Fsp3) is 0.188. The lowest BCUT2D eigenvalue weighted by molar-refractivity contribution is 0.0936. The SMILES string of the molecule is CCC(NC(=O)c1cc(N)cc(Cl)c1Cl)c1ccccc1. The molecule has 3 N–H and O–H groups in total. The highest BCUT2D eigenvalue weighted by atomic mass is 35.5. The monoisotopic (exact) mass is 322 g/mol. The number of hydrogen-bond donors (Lipinski definition) is 2. The van der Waals surface area contributed by atoms with Crippen LogP contribution < -0.4 is 11.1 Å². The van der Waals surface area contributed by atoms with Crippen molar-refractivity contribution in [3.05, 3.63) is 63.6 Å². The van der Waals surface area contributed by atoms with E-state index in [4.69, 9.17) is 28.9 Å². The molecule has 0 heterocycles. The minimum atomic E-state index is -0.287. The Morgan fingerprint density at radius 3 is 2.52 bits per heavy atom. The van der Waals surface area contributed by atoms with Crippen LogP contribution in [0.25, 0.3) is 0 Å². The molecule has 110 valence electrons. The zero-order valence-corrected chi connectivity index (χ0v) is 13.1. The van der Waals surface area contributed by atoms with Crippen LogP contribution in [0.1, 0.15) is 35.3 Å². The average Bonchev–Trinajstić information content (AvgIpc) is 2.49. The summed E-state index contributed by atoms with van der Waals surface area (Å²) >= 11 is 12.0. The molecule has 1 unspecified atom stereocenters. The zero-order chi connectivity index (χ0) is 15.4. The molecular weight excluding hydrogens is 307 g/mol. The van der Waals surface area contributed by atoms with Gasteiger partial charge in [-0.25, -0.2) is 0 Å². The third kappa shape index (κ3) is 3.69. The molecule has 0 radical (unpaired) electrons. The molecular formula is C16H16Cl2N2O. The van der Waals surface area contributed by atoms with Crippen molar-refractivity contribution < 1.29 is 4.79 Å².